The molecule has 0 saturated heterocycles. The molecule has 0 N–H and O–H groups in total. The number of ether oxygens (including phenoxy) is 1. The Morgan fingerprint density at radius 2 is 2.35 bits per heavy atom. The molecule has 0 radical (unpaired) electrons. The van der Waals surface area contributed by atoms with Gasteiger partial charge in [0, 0.05) is 26.0 Å². The second-order valence-electron chi connectivity index (χ2n) is 5.34. The molecule has 1 saturated carbocycles. The molecule has 3 rings (SSSR count). The van der Waals surface area contributed by atoms with Crippen molar-refractivity contribution >= 4 is 0 Å². The van der Waals surface area contributed by atoms with E-state index in [1.807, 2.05) is 24.0 Å². The highest BCUT2D eigenvalue weighted by Crippen LogP contribution is 2.44. The second-order valence-corrected chi connectivity index (χ2v) is 5.34. The smallest absolute Gasteiger partial charge is 0.134 e. The number of hydrogen-bond donors (Lipinski definition) is 0. The lowest BCUT2D eigenvalue weighted by molar-refractivity contribution is 0.0975. The van der Waals surface area contributed by atoms with Crippen LogP contribution >= 0.6 is 0 Å². The van der Waals surface area contributed by atoms with Crippen molar-refractivity contribution < 1.29 is 4.74 Å². The van der Waals surface area contributed by atoms with Crippen molar-refractivity contribution in [3.8, 4) is 0 Å². The van der Waals surface area contributed by atoms with Crippen LogP contribution in [0.3, 0.4) is 0 Å². The van der Waals surface area contributed by atoms with E-state index in [0.29, 0.717) is 6.61 Å². The summed E-state index contributed by atoms with van der Waals surface area (Å²) in [5.41, 5.74) is 0. The second kappa shape index (κ2) is 4.65. The van der Waals surface area contributed by atoms with Gasteiger partial charge in [0.15, 0.2) is 0 Å². The van der Waals surface area contributed by atoms with Crippen molar-refractivity contribution in [2.45, 2.75) is 25.9 Å². The molecule has 1 fully saturated rings. The quantitative estimate of drug-likeness (QED) is 0.576. The van der Waals surface area contributed by atoms with E-state index in [9.17, 15) is 0 Å². The summed E-state index contributed by atoms with van der Waals surface area (Å²) < 4.78 is 7.74. The van der Waals surface area contributed by atoms with Crippen LogP contribution in [0.15, 0.2) is 24.5 Å². The highest BCUT2D eigenvalue weighted by Gasteiger charge is 2.34. The average molecular weight is 232 g/mol. The topological polar surface area (TPSA) is 27.1 Å². The number of nitrogens with zero attached hydrogens (tertiary/aromatic N) is 2. The van der Waals surface area contributed by atoms with Gasteiger partial charge in [-0.25, -0.2) is 4.98 Å². The minimum absolute atomic E-state index is 0.639. The maximum atomic E-state index is 5.72. The molecule has 2 aliphatic carbocycles. The van der Waals surface area contributed by atoms with Crippen LogP contribution in [0, 0.1) is 17.8 Å². The molecule has 1 aromatic rings. The molecule has 0 aromatic carbocycles. The molecule has 2 aliphatic rings. The molecular formula is C14H20N2O. The van der Waals surface area contributed by atoms with Gasteiger partial charge in [0.25, 0.3) is 0 Å². The third-order valence-corrected chi connectivity index (χ3v) is 4.20. The maximum Gasteiger partial charge on any atom is 0.134 e. The van der Waals surface area contributed by atoms with Crippen molar-refractivity contribution in [1.29, 1.82) is 0 Å². The molecule has 3 heteroatoms. The van der Waals surface area contributed by atoms with Gasteiger partial charge in [0.05, 0.1) is 0 Å². The average Bonchev–Trinajstić information content (AvgIpc) is 3.01. The first-order chi connectivity index (χ1) is 8.33. The zero-order chi connectivity index (χ0) is 11.7. The van der Waals surface area contributed by atoms with E-state index in [4.69, 9.17) is 4.74 Å². The SMILES string of the molecule is Cn1ccnc1COCCC1CC2C=CC1C2. The van der Waals surface area contributed by atoms with Crippen molar-refractivity contribution in [2.24, 2.45) is 24.8 Å². The minimum atomic E-state index is 0.639. The third kappa shape index (κ3) is 2.29. The summed E-state index contributed by atoms with van der Waals surface area (Å²) in [6, 6.07) is 0. The van der Waals surface area contributed by atoms with Gasteiger partial charge in [-0.15, -0.1) is 0 Å². The lowest BCUT2D eigenvalue weighted by atomic mass is 9.91. The minimum Gasteiger partial charge on any atom is -0.374 e. The highest BCUT2D eigenvalue weighted by atomic mass is 16.5. The van der Waals surface area contributed by atoms with E-state index in [1.165, 1.54) is 19.3 Å². The monoisotopic (exact) mass is 232 g/mol. The Hall–Kier alpha value is -1.09. The Morgan fingerprint density at radius 1 is 1.41 bits per heavy atom. The van der Waals surface area contributed by atoms with E-state index < -0.39 is 0 Å². The van der Waals surface area contributed by atoms with Crippen molar-refractivity contribution in [3.63, 3.8) is 0 Å². The van der Waals surface area contributed by atoms with E-state index in [1.54, 1.807) is 0 Å². The van der Waals surface area contributed by atoms with Crippen LogP contribution in [-0.2, 0) is 18.4 Å². The van der Waals surface area contributed by atoms with Gasteiger partial charge < -0.3 is 9.30 Å². The molecule has 0 aliphatic heterocycles. The van der Waals surface area contributed by atoms with Crippen LogP contribution in [0.1, 0.15) is 25.1 Å². The number of hydrogen-bond acceptors (Lipinski definition) is 2. The predicted molar refractivity (Wildman–Crippen MR) is 66.3 cm³/mol. The van der Waals surface area contributed by atoms with Crippen LogP contribution in [-0.4, -0.2) is 16.2 Å². The number of allylic oxidation sites excluding steroid dienone is 2. The van der Waals surface area contributed by atoms with Gasteiger partial charge in [-0.2, -0.15) is 0 Å². The Balaban J connectivity index is 1.39. The highest BCUT2D eigenvalue weighted by molar-refractivity contribution is 5.09. The molecule has 3 unspecified atom stereocenters. The van der Waals surface area contributed by atoms with E-state index in [0.717, 1.165) is 30.2 Å². The summed E-state index contributed by atoms with van der Waals surface area (Å²) in [4.78, 5) is 4.25. The van der Waals surface area contributed by atoms with Crippen LogP contribution in [0.25, 0.3) is 0 Å². The van der Waals surface area contributed by atoms with Crippen molar-refractivity contribution in [2.75, 3.05) is 6.61 Å². The van der Waals surface area contributed by atoms with Gasteiger partial charge >= 0.3 is 0 Å². The Kier molecular flexibility index (Phi) is 3.02. The fraction of sp³-hybridized carbons (Fsp3) is 0.643. The molecule has 1 heterocycles. The Bertz CT molecular complexity index is 410. The van der Waals surface area contributed by atoms with Gasteiger partial charge in [-0.1, -0.05) is 12.2 Å². The standard InChI is InChI=1S/C14H20N2O/c1-16-6-5-15-14(16)10-17-7-4-13-9-11-2-3-12(13)8-11/h2-3,5-6,11-13H,4,7-10H2,1H3. The summed E-state index contributed by atoms with van der Waals surface area (Å²) >= 11 is 0. The summed E-state index contributed by atoms with van der Waals surface area (Å²) in [6.45, 7) is 1.51. The first kappa shape index (κ1) is 11.0. The number of imidazole rings is 1. The molecule has 0 spiro atoms. The summed E-state index contributed by atoms with van der Waals surface area (Å²) in [7, 11) is 2.01. The molecule has 92 valence electrons. The number of rotatable bonds is 5. The first-order valence-corrected chi connectivity index (χ1v) is 6.55. The summed E-state index contributed by atoms with van der Waals surface area (Å²) in [6.07, 6.45) is 12.6. The van der Waals surface area contributed by atoms with Crippen LogP contribution in [0.5, 0.6) is 0 Å². The molecule has 3 atom stereocenters. The normalized spacial score (nSPS) is 30.3. The molecule has 3 nitrogen and oxygen atoms in total. The maximum absolute atomic E-state index is 5.72. The third-order valence-electron chi connectivity index (χ3n) is 4.20. The Labute approximate surface area is 102 Å². The number of fused-ring (bicyclic) bond motifs is 2. The van der Waals surface area contributed by atoms with Crippen molar-refractivity contribution in [1.82, 2.24) is 9.55 Å². The van der Waals surface area contributed by atoms with Crippen LogP contribution in [0.2, 0.25) is 0 Å². The van der Waals surface area contributed by atoms with Crippen molar-refractivity contribution in [3.05, 3.63) is 30.4 Å². The summed E-state index contributed by atoms with van der Waals surface area (Å²) in [5, 5.41) is 0. The van der Waals surface area contributed by atoms with Gasteiger partial charge in [-0.05, 0) is 37.0 Å². The predicted octanol–water partition coefficient (Wildman–Crippen LogP) is 2.54. The number of aromatic nitrogens is 2. The van der Waals surface area contributed by atoms with E-state index >= 15 is 0 Å². The van der Waals surface area contributed by atoms with E-state index in [-0.39, 0.29) is 0 Å². The first-order valence-electron chi connectivity index (χ1n) is 6.55. The molecular weight excluding hydrogens is 212 g/mol. The molecule has 1 aromatic heterocycles. The van der Waals surface area contributed by atoms with Gasteiger partial charge in [-0.3, -0.25) is 0 Å². The zero-order valence-electron chi connectivity index (χ0n) is 10.4. The molecule has 17 heavy (non-hydrogen) atoms. The Morgan fingerprint density at radius 3 is 3.00 bits per heavy atom. The molecule has 0 amide bonds. The largest absolute Gasteiger partial charge is 0.374 e. The number of aryl methyl sites for hydroxylation is 1. The lowest BCUT2D eigenvalue weighted by Crippen LogP contribution is -2.11. The van der Waals surface area contributed by atoms with E-state index in [2.05, 4.69) is 17.1 Å². The van der Waals surface area contributed by atoms with Crippen LogP contribution < -0.4 is 0 Å². The van der Waals surface area contributed by atoms with Gasteiger partial charge in [0.1, 0.15) is 12.4 Å². The fourth-order valence-corrected chi connectivity index (χ4v) is 3.16. The zero-order valence-corrected chi connectivity index (χ0v) is 10.4. The van der Waals surface area contributed by atoms with Crippen LogP contribution in [0.4, 0.5) is 0 Å². The summed E-state index contributed by atoms with van der Waals surface area (Å²) in [5.74, 6) is 3.60. The fourth-order valence-electron chi connectivity index (χ4n) is 3.16. The van der Waals surface area contributed by atoms with Gasteiger partial charge in [0.2, 0.25) is 0 Å². The lowest BCUT2D eigenvalue weighted by Gasteiger charge is -2.17. The molecule has 2 bridgehead atoms.